The first-order valence-corrected chi connectivity index (χ1v) is 4.91. The summed E-state index contributed by atoms with van der Waals surface area (Å²) in [6, 6.07) is 0. The zero-order chi connectivity index (χ0) is 9.40. The van der Waals surface area contributed by atoms with Crippen LogP contribution in [0.1, 0.15) is 46.5 Å². The highest BCUT2D eigenvalue weighted by atomic mass is 16.1. The molecule has 70 valence electrons. The van der Waals surface area contributed by atoms with Gasteiger partial charge in [0.25, 0.3) is 0 Å². The molecule has 0 aliphatic carbocycles. The lowest BCUT2D eigenvalue weighted by Crippen LogP contribution is -2.00. The van der Waals surface area contributed by atoms with Gasteiger partial charge in [-0.05, 0) is 24.3 Å². The first-order valence-electron chi connectivity index (χ1n) is 4.91. The van der Waals surface area contributed by atoms with Crippen LogP contribution in [0.25, 0.3) is 0 Å². The molecule has 0 aromatic rings. The van der Waals surface area contributed by atoms with Crippen molar-refractivity contribution in [3.05, 3.63) is 11.6 Å². The molecule has 0 aromatic heterocycles. The Balaban J connectivity index is 4.03. The Morgan fingerprint density at radius 3 is 2.42 bits per heavy atom. The maximum absolute atomic E-state index is 10.7. The summed E-state index contributed by atoms with van der Waals surface area (Å²) in [6.45, 7) is 6.40. The van der Waals surface area contributed by atoms with Crippen LogP contribution in [0.15, 0.2) is 11.6 Å². The first kappa shape index (κ1) is 11.4. The fraction of sp³-hybridized carbons (Fsp3) is 0.727. The molecule has 0 heterocycles. The van der Waals surface area contributed by atoms with Gasteiger partial charge in [-0.25, -0.2) is 0 Å². The fourth-order valence-electron chi connectivity index (χ4n) is 1.28. The third-order valence-electron chi connectivity index (χ3n) is 2.10. The van der Waals surface area contributed by atoms with E-state index in [4.69, 9.17) is 0 Å². The van der Waals surface area contributed by atoms with E-state index in [0.717, 1.165) is 37.5 Å². The Kier molecular flexibility index (Phi) is 6.73. The molecule has 1 atom stereocenters. The molecule has 1 nitrogen and oxygen atoms in total. The molecule has 0 aliphatic rings. The summed E-state index contributed by atoms with van der Waals surface area (Å²) in [4.78, 5) is 10.7. The normalized spacial score (nSPS) is 14.4. The van der Waals surface area contributed by atoms with Crippen molar-refractivity contribution in [2.75, 3.05) is 0 Å². The van der Waals surface area contributed by atoms with Crippen molar-refractivity contribution < 1.29 is 4.79 Å². The van der Waals surface area contributed by atoms with Crippen molar-refractivity contribution in [3.63, 3.8) is 0 Å². The average molecular weight is 168 g/mol. The first-order chi connectivity index (χ1) is 5.76. The van der Waals surface area contributed by atoms with Gasteiger partial charge in [0.1, 0.15) is 6.29 Å². The number of rotatable bonds is 6. The third kappa shape index (κ3) is 4.32. The van der Waals surface area contributed by atoms with E-state index < -0.39 is 0 Å². The number of unbranched alkanes of at least 4 members (excludes halogenated alkanes) is 1. The average Bonchev–Trinajstić information content (AvgIpc) is 2.06. The predicted octanol–water partition coefficient (Wildman–Crippen LogP) is 3.35. The van der Waals surface area contributed by atoms with Gasteiger partial charge in [0.2, 0.25) is 0 Å². The lowest BCUT2D eigenvalue weighted by molar-refractivity contribution is -0.105. The number of hydrogen-bond acceptors (Lipinski definition) is 1. The van der Waals surface area contributed by atoms with E-state index >= 15 is 0 Å². The molecule has 0 radical (unpaired) electrons. The number of aldehydes is 1. The lowest BCUT2D eigenvalue weighted by Gasteiger charge is -2.08. The molecule has 0 N–H and O–H groups in total. The topological polar surface area (TPSA) is 17.1 Å². The summed E-state index contributed by atoms with van der Waals surface area (Å²) in [5.74, 6) is 0.444. The number of carbonyl (C=O) groups is 1. The Bertz CT molecular complexity index is 147. The third-order valence-corrected chi connectivity index (χ3v) is 2.10. The second-order valence-electron chi connectivity index (χ2n) is 3.30. The Morgan fingerprint density at radius 2 is 2.00 bits per heavy atom. The summed E-state index contributed by atoms with van der Waals surface area (Å²) >= 11 is 0. The minimum absolute atomic E-state index is 0.444. The largest absolute Gasteiger partial charge is 0.298 e. The number of carbonyl (C=O) groups excluding carboxylic acids is 1. The second-order valence-corrected chi connectivity index (χ2v) is 3.30. The number of allylic oxidation sites excluding steroid dienone is 2. The van der Waals surface area contributed by atoms with Crippen molar-refractivity contribution >= 4 is 6.29 Å². The molecule has 0 amide bonds. The Hall–Kier alpha value is -0.590. The predicted molar refractivity (Wildman–Crippen MR) is 53.1 cm³/mol. The second kappa shape index (κ2) is 7.08. The minimum atomic E-state index is 0.444. The van der Waals surface area contributed by atoms with Gasteiger partial charge in [-0.1, -0.05) is 39.7 Å². The van der Waals surface area contributed by atoms with Crippen LogP contribution < -0.4 is 0 Å². The maximum Gasteiger partial charge on any atom is 0.145 e. The molecule has 0 aliphatic heterocycles. The molecule has 0 aromatic carbocycles. The van der Waals surface area contributed by atoms with E-state index in [1.165, 1.54) is 0 Å². The zero-order valence-electron chi connectivity index (χ0n) is 8.47. The van der Waals surface area contributed by atoms with E-state index in [-0.39, 0.29) is 0 Å². The molecule has 12 heavy (non-hydrogen) atoms. The van der Waals surface area contributed by atoms with Crippen molar-refractivity contribution in [2.24, 2.45) is 5.92 Å². The van der Waals surface area contributed by atoms with Gasteiger partial charge in [-0.15, -0.1) is 0 Å². The van der Waals surface area contributed by atoms with Crippen LogP contribution in [0.5, 0.6) is 0 Å². The van der Waals surface area contributed by atoms with E-state index in [1.54, 1.807) is 0 Å². The van der Waals surface area contributed by atoms with Crippen LogP contribution in [-0.4, -0.2) is 6.29 Å². The van der Waals surface area contributed by atoms with E-state index in [1.807, 2.05) is 0 Å². The Morgan fingerprint density at radius 1 is 1.33 bits per heavy atom. The van der Waals surface area contributed by atoms with Gasteiger partial charge < -0.3 is 0 Å². The minimum Gasteiger partial charge on any atom is -0.298 e. The maximum atomic E-state index is 10.7. The van der Waals surface area contributed by atoms with Crippen LogP contribution in [0.2, 0.25) is 0 Å². The molecule has 0 spiro atoms. The highest BCUT2D eigenvalue weighted by Crippen LogP contribution is 2.15. The fourth-order valence-corrected chi connectivity index (χ4v) is 1.28. The highest BCUT2D eigenvalue weighted by molar-refractivity contribution is 5.73. The van der Waals surface area contributed by atoms with Crippen LogP contribution in [0.4, 0.5) is 0 Å². The van der Waals surface area contributed by atoms with Crippen LogP contribution in [0.3, 0.4) is 0 Å². The van der Waals surface area contributed by atoms with Crippen molar-refractivity contribution in [2.45, 2.75) is 46.5 Å². The highest BCUT2D eigenvalue weighted by Gasteiger charge is 2.05. The molecule has 0 saturated carbocycles. The van der Waals surface area contributed by atoms with Crippen LogP contribution in [0, 0.1) is 5.92 Å². The molecule has 0 saturated heterocycles. The number of hydrogen-bond donors (Lipinski definition) is 0. The van der Waals surface area contributed by atoms with Gasteiger partial charge in [0.05, 0.1) is 0 Å². The molecule has 0 bridgehead atoms. The van der Waals surface area contributed by atoms with Crippen molar-refractivity contribution in [1.29, 1.82) is 0 Å². The van der Waals surface area contributed by atoms with Crippen LogP contribution in [-0.2, 0) is 4.79 Å². The summed E-state index contributed by atoms with van der Waals surface area (Å²) in [7, 11) is 0. The van der Waals surface area contributed by atoms with Crippen molar-refractivity contribution in [3.8, 4) is 0 Å². The molecule has 1 unspecified atom stereocenters. The quantitative estimate of drug-likeness (QED) is 0.439. The smallest absolute Gasteiger partial charge is 0.145 e. The molecule has 0 fully saturated rings. The standard InChI is InChI=1S/C11H20O/c1-4-6-8-11(9-12)10(3)7-5-2/h8-10H,4-7H2,1-3H3. The van der Waals surface area contributed by atoms with Gasteiger partial charge in [-0.3, -0.25) is 4.79 Å². The van der Waals surface area contributed by atoms with Gasteiger partial charge >= 0.3 is 0 Å². The zero-order valence-corrected chi connectivity index (χ0v) is 8.47. The van der Waals surface area contributed by atoms with E-state index in [2.05, 4.69) is 26.8 Å². The molecular weight excluding hydrogens is 148 g/mol. The SMILES string of the molecule is CCCC=C(C=O)C(C)CCC. The molecule has 1 heteroatoms. The van der Waals surface area contributed by atoms with Crippen molar-refractivity contribution in [1.82, 2.24) is 0 Å². The summed E-state index contributed by atoms with van der Waals surface area (Å²) in [6.07, 6.45) is 7.51. The van der Waals surface area contributed by atoms with Gasteiger partial charge in [0, 0.05) is 0 Å². The summed E-state index contributed by atoms with van der Waals surface area (Å²) in [5.41, 5.74) is 0.985. The van der Waals surface area contributed by atoms with Gasteiger partial charge in [-0.2, -0.15) is 0 Å². The molecular formula is C11H20O. The summed E-state index contributed by atoms with van der Waals surface area (Å²) in [5, 5.41) is 0. The van der Waals surface area contributed by atoms with E-state index in [9.17, 15) is 4.79 Å². The lowest BCUT2D eigenvalue weighted by atomic mass is 9.96. The molecule has 0 rings (SSSR count). The summed E-state index contributed by atoms with van der Waals surface area (Å²) < 4.78 is 0. The van der Waals surface area contributed by atoms with E-state index in [0.29, 0.717) is 5.92 Å². The van der Waals surface area contributed by atoms with Crippen LogP contribution >= 0.6 is 0 Å². The van der Waals surface area contributed by atoms with Gasteiger partial charge in [0.15, 0.2) is 0 Å². The monoisotopic (exact) mass is 168 g/mol. The Labute approximate surface area is 75.9 Å².